The molecule has 0 saturated carbocycles. The van der Waals surface area contributed by atoms with E-state index < -0.39 is 0 Å². The van der Waals surface area contributed by atoms with Gasteiger partial charge < -0.3 is 14.9 Å². The van der Waals surface area contributed by atoms with Crippen molar-refractivity contribution in [2.45, 2.75) is 45.1 Å². The van der Waals surface area contributed by atoms with Gasteiger partial charge in [-0.3, -0.25) is 4.79 Å². The second-order valence-corrected chi connectivity index (χ2v) is 8.99. The molecule has 27 heavy (non-hydrogen) atoms. The largest absolute Gasteiger partial charge is 0.338 e. The van der Waals surface area contributed by atoms with E-state index in [9.17, 15) is 4.79 Å². The Hall–Kier alpha value is -2.40. The molecular formula is C22H26N4O. The van der Waals surface area contributed by atoms with Gasteiger partial charge in [0.05, 0.1) is 11.0 Å². The zero-order valence-electron chi connectivity index (χ0n) is 16.4. The first-order valence-electron chi connectivity index (χ1n) is 9.73. The third kappa shape index (κ3) is 2.21. The molecule has 5 rings (SSSR count). The Balaban J connectivity index is 1.68. The summed E-state index contributed by atoms with van der Waals surface area (Å²) in [5.74, 6) is 0.813. The summed E-state index contributed by atoms with van der Waals surface area (Å²) in [5.41, 5.74) is 6.24. The highest BCUT2D eigenvalue weighted by atomic mass is 16.1. The average Bonchev–Trinajstić information content (AvgIpc) is 3.02. The van der Waals surface area contributed by atoms with Gasteiger partial charge in [-0.2, -0.15) is 0 Å². The molecule has 0 radical (unpaired) electrons. The third-order valence-corrected chi connectivity index (χ3v) is 7.39. The van der Waals surface area contributed by atoms with E-state index in [1.807, 2.05) is 12.3 Å². The van der Waals surface area contributed by atoms with Gasteiger partial charge in [0.2, 0.25) is 5.56 Å². The number of hydrogen-bond donors (Lipinski definition) is 2. The van der Waals surface area contributed by atoms with Crippen LogP contribution in [0, 0.1) is 5.41 Å². The number of nitrogens with one attached hydrogen (secondary N) is 2. The molecule has 1 unspecified atom stereocenters. The number of aryl methyl sites for hydroxylation is 1. The minimum Gasteiger partial charge on any atom is -0.338 e. The monoisotopic (exact) mass is 362 g/mol. The van der Waals surface area contributed by atoms with Crippen LogP contribution < -0.4 is 10.9 Å². The van der Waals surface area contributed by atoms with Gasteiger partial charge in [-0.05, 0) is 54.1 Å². The molecule has 3 aromatic rings. The Kier molecular flexibility index (Phi) is 3.30. The van der Waals surface area contributed by atoms with Crippen LogP contribution >= 0.6 is 0 Å². The quantitative estimate of drug-likeness (QED) is 0.699. The number of piperidine rings is 1. The summed E-state index contributed by atoms with van der Waals surface area (Å²) < 4.78 is 1.59. The first kappa shape index (κ1) is 16.8. The van der Waals surface area contributed by atoms with Crippen LogP contribution in [0.15, 0.2) is 35.3 Å². The van der Waals surface area contributed by atoms with E-state index in [0.29, 0.717) is 6.04 Å². The highest BCUT2D eigenvalue weighted by molar-refractivity contribution is 5.81. The number of hydrogen-bond acceptors (Lipinski definition) is 3. The summed E-state index contributed by atoms with van der Waals surface area (Å²) in [5, 5.41) is 3.74. The summed E-state index contributed by atoms with van der Waals surface area (Å²) >= 11 is 0. The Morgan fingerprint density at radius 3 is 2.81 bits per heavy atom. The van der Waals surface area contributed by atoms with Gasteiger partial charge in [0.15, 0.2) is 0 Å². The summed E-state index contributed by atoms with van der Waals surface area (Å²) in [4.78, 5) is 20.0. The first-order valence-corrected chi connectivity index (χ1v) is 9.73. The number of aromatic amines is 1. The van der Waals surface area contributed by atoms with Gasteiger partial charge in [0.25, 0.3) is 0 Å². The third-order valence-electron chi connectivity index (χ3n) is 7.39. The van der Waals surface area contributed by atoms with Crippen LogP contribution in [0.1, 0.15) is 38.3 Å². The molecule has 2 atom stereocenters. The molecule has 1 fully saturated rings. The molecule has 140 valence electrons. The minimum atomic E-state index is -0.0137. The first-order chi connectivity index (χ1) is 12.8. The van der Waals surface area contributed by atoms with E-state index in [-0.39, 0.29) is 16.4 Å². The van der Waals surface area contributed by atoms with Crippen molar-refractivity contribution in [3.63, 3.8) is 0 Å². The Labute approximate surface area is 158 Å². The Morgan fingerprint density at radius 2 is 2.04 bits per heavy atom. The van der Waals surface area contributed by atoms with Crippen LogP contribution in [0.3, 0.4) is 0 Å². The lowest BCUT2D eigenvalue weighted by Crippen LogP contribution is -2.62. The lowest BCUT2D eigenvalue weighted by molar-refractivity contribution is 0.0561. The molecular weight excluding hydrogens is 336 g/mol. The summed E-state index contributed by atoms with van der Waals surface area (Å²) in [7, 11) is 1.77. The number of pyridine rings is 1. The van der Waals surface area contributed by atoms with E-state index in [2.05, 4.69) is 43.2 Å². The second-order valence-electron chi connectivity index (χ2n) is 8.99. The average molecular weight is 362 g/mol. The fourth-order valence-corrected chi connectivity index (χ4v) is 5.14. The van der Waals surface area contributed by atoms with Crippen molar-refractivity contribution in [2.24, 2.45) is 12.5 Å². The number of rotatable bonds is 1. The number of H-pyrrole nitrogens is 1. The molecule has 5 nitrogen and oxygen atoms in total. The molecule has 1 aliphatic carbocycles. The SMILES string of the molecule is Cn1cc(-c2nc3cc4c(cc3[nH]2)C[C@H]2NCCC4(C)C2(C)C)ccc1=O. The molecule has 2 aliphatic rings. The lowest BCUT2D eigenvalue weighted by atomic mass is 9.51. The van der Waals surface area contributed by atoms with Gasteiger partial charge in [0, 0.05) is 36.3 Å². The van der Waals surface area contributed by atoms with Crippen LogP contribution in [-0.4, -0.2) is 27.1 Å². The van der Waals surface area contributed by atoms with Crippen LogP contribution in [0.25, 0.3) is 22.4 Å². The molecule has 5 heteroatoms. The number of benzene rings is 1. The summed E-state index contributed by atoms with van der Waals surface area (Å²) in [6.07, 6.45) is 4.04. The van der Waals surface area contributed by atoms with E-state index in [4.69, 9.17) is 4.98 Å². The van der Waals surface area contributed by atoms with Gasteiger partial charge in [-0.25, -0.2) is 4.98 Å². The maximum Gasteiger partial charge on any atom is 0.250 e. The molecule has 1 aromatic carbocycles. The van der Waals surface area contributed by atoms with Crippen LogP contribution in [-0.2, 0) is 18.9 Å². The fourth-order valence-electron chi connectivity index (χ4n) is 5.14. The predicted octanol–water partition coefficient (Wildman–Crippen LogP) is 3.13. The van der Waals surface area contributed by atoms with Gasteiger partial charge in [-0.15, -0.1) is 0 Å². The Morgan fingerprint density at radius 1 is 1.22 bits per heavy atom. The zero-order chi connectivity index (χ0) is 19.0. The normalized spacial score (nSPS) is 26.1. The predicted molar refractivity (Wildman–Crippen MR) is 108 cm³/mol. The van der Waals surface area contributed by atoms with Crippen molar-refractivity contribution in [2.75, 3.05) is 6.54 Å². The summed E-state index contributed by atoms with van der Waals surface area (Å²) in [6.45, 7) is 8.30. The van der Waals surface area contributed by atoms with Crippen LogP contribution in [0.2, 0.25) is 0 Å². The number of nitrogens with zero attached hydrogens (tertiary/aromatic N) is 2. The van der Waals surface area contributed by atoms with Gasteiger partial charge in [-0.1, -0.05) is 20.8 Å². The van der Waals surface area contributed by atoms with Crippen molar-refractivity contribution < 1.29 is 0 Å². The molecule has 0 amide bonds. The summed E-state index contributed by atoms with van der Waals surface area (Å²) in [6, 6.07) is 8.52. The van der Waals surface area contributed by atoms with E-state index in [1.54, 1.807) is 17.7 Å². The molecule has 0 spiro atoms. The smallest absolute Gasteiger partial charge is 0.250 e. The molecule has 1 aliphatic heterocycles. The fraction of sp³-hybridized carbons (Fsp3) is 0.455. The number of fused-ring (bicyclic) bond motifs is 5. The lowest BCUT2D eigenvalue weighted by Gasteiger charge is -2.57. The maximum atomic E-state index is 11.7. The zero-order valence-corrected chi connectivity index (χ0v) is 16.4. The van der Waals surface area contributed by atoms with Crippen molar-refractivity contribution in [1.82, 2.24) is 19.9 Å². The topological polar surface area (TPSA) is 62.7 Å². The molecule has 2 N–H and O–H groups in total. The Bertz CT molecular complexity index is 1120. The standard InChI is InChI=1S/C22H26N4O/c1-21(2)18-10-14-9-16-17(11-15(14)22(21,3)7-8-23-18)25-20(24-16)13-5-6-19(27)26(4)12-13/h5-6,9,11-12,18,23H,7-8,10H2,1-4H3,(H,24,25)/t18-,22?/m1/s1. The number of imidazole rings is 1. The van der Waals surface area contributed by atoms with Crippen molar-refractivity contribution in [3.05, 3.63) is 51.9 Å². The molecule has 1 saturated heterocycles. The highest BCUT2D eigenvalue weighted by Crippen LogP contribution is 2.54. The van der Waals surface area contributed by atoms with Crippen LogP contribution in [0.5, 0.6) is 0 Å². The van der Waals surface area contributed by atoms with Crippen LogP contribution in [0.4, 0.5) is 0 Å². The minimum absolute atomic E-state index is 0.0137. The molecule has 2 aromatic heterocycles. The van der Waals surface area contributed by atoms with Gasteiger partial charge >= 0.3 is 0 Å². The van der Waals surface area contributed by atoms with Crippen molar-refractivity contribution in [1.29, 1.82) is 0 Å². The van der Waals surface area contributed by atoms with E-state index >= 15 is 0 Å². The molecule has 3 heterocycles. The van der Waals surface area contributed by atoms with E-state index in [0.717, 1.165) is 41.8 Å². The number of aromatic nitrogens is 3. The van der Waals surface area contributed by atoms with Crippen molar-refractivity contribution >= 4 is 11.0 Å². The maximum absolute atomic E-state index is 11.7. The highest BCUT2D eigenvalue weighted by Gasteiger charge is 2.53. The second kappa shape index (κ2) is 5.32. The van der Waals surface area contributed by atoms with Gasteiger partial charge in [0.1, 0.15) is 5.82 Å². The molecule has 2 bridgehead atoms. The van der Waals surface area contributed by atoms with E-state index in [1.165, 1.54) is 11.1 Å². The van der Waals surface area contributed by atoms with Crippen molar-refractivity contribution in [3.8, 4) is 11.4 Å².